The van der Waals surface area contributed by atoms with E-state index in [-0.39, 0.29) is 11.2 Å². The Hall–Kier alpha value is -1.45. The third-order valence-corrected chi connectivity index (χ3v) is 4.66. The molecule has 0 unspecified atom stereocenters. The number of hydrogen-bond donors (Lipinski definition) is 1. The minimum absolute atomic E-state index is 0.0273. The lowest BCUT2D eigenvalue weighted by Crippen LogP contribution is -2.22. The van der Waals surface area contributed by atoms with Gasteiger partial charge in [0.15, 0.2) is 0 Å². The summed E-state index contributed by atoms with van der Waals surface area (Å²) in [4.78, 5) is 13.3. The van der Waals surface area contributed by atoms with Crippen molar-refractivity contribution in [1.29, 1.82) is 0 Å². The molecular weight excluding hydrogens is 302 g/mol. The first kappa shape index (κ1) is 15.9. The van der Waals surface area contributed by atoms with Gasteiger partial charge in [-0.1, -0.05) is 35.4 Å². The third-order valence-electron chi connectivity index (χ3n) is 3.14. The van der Waals surface area contributed by atoms with Gasteiger partial charge in [-0.3, -0.25) is 4.79 Å². The van der Waals surface area contributed by atoms with Gasteiger partial charge in [-0.05, 0) is 50.6 Å². The van der Waals surface area contributed by atoms with Gasteiger partial charge in [-0.15, -0.1) is 11.8 Å². The van der Waals surface area contributed by atoms with Gasteiger partial charge in [0.1, 0.15) is 0 Å². The Morgan fingerprint density at radius 1 is 1.14 bits per heavy atom. The number of anilines is 1. The van der Waals surface area contributed by atoms with E-state index < -0.39 is 0 Å². The van der Waals surface area contributed by atoms with Crippen molar-refractivity contribution in [3.05, 3.63) is 58.6 Å². The highest BCUT2D eigenvalue weighted by Crippen LogP contribution is 2.25. The van der Waals surface area contributed by atoms with Crippen LogP contribution in [0.1, 0.15) is 18.1 Å². The van der Waals surface area contributed by atoms with Crippen molar-refractivity contribution in [1.82, 2.24) is 0 Å². The molecule has 110 valence electrons. The number of hydrogen-bond acceptors (Lipinski definition) is 2. The first-order chi connectivity index (χ1) is 9.95. The largest absolute Gasteiger partial charge is 0.325 e. The summed E-state index contributed by atoms with van der Waals surface area (Å²) in [7, 11) is 0. The zero-order valence-corrected chi connectivity index (χ0v) is 13.9. The fourth-order valence-corrected chi connectivity index (χ4v) is 2.84. The van der Waals surface area contributed by atoms with E-state index in [9.17, 15) is 4.79 Å². The lowest BCUT2D eigenvalue weighted by atomic mass is 10.2. The number of aryl methyl sites for hydroxylation is 2. The van der Waals surface area contributed by atoms with Crippen LogP contribution in [0.25, 0.3) is 0 Å². The lowest BCUT2D eigenvalue weighted by Gasteiger charge is -2.12. The predicted molar refractivity (Wildman–Crippen MR) is 91.3 cm³/mol. The third kappa shape index (κ3) is 4.51. The second kappa shape index (κ2) is 7.01. The monoisotopic (exact) mass is 319 g/mol. The SMILES string of the molecule is Cc1ccc(S[C@@H](C)C(=O)Nc2ccc(C)c(Cl)c2)cc1. The van der Waals surface area contributed by atoms with E-state index in [0.717, 1.165) is 16.1 Å². The number of halogens is 1. The number of carbonyl (C=O) groups excluding carboxylic acids is 1. The van der Waals surface area contributed by atoms with Crippen molar-refractivity contribution >= 4 is 35.0 Å². The second-order valence-electron chi connectivity index (χ2n) is 5.03. The lowest BCUT2D eigenvalue weighted by molar-refractivity contribution is -0.115. The Bertz CT molecular complexity index is 640. The van der Waals surface area contributed by atoms with E-state index in [1.807, 2.05) is 57.2 Å². The van der Waals surface area contributed by atoms with Crippen LogP contribution in [-0.4, -0.2) is 11.2 Å². The molecule has 1 N–H and O–H groups in total. The molecule has 0 bridgehead atoms. The van der Waals surface area contributed by atoms with Gasteiger partial charge in [0.05, 0.1) is 5.25 Å². The zero-order chi connectivity index (χ0) is 15.4. The molecule has 0 spiro atoms. The molecule has 21 heavy (non-hydrogen) atoms. The van der Waals surface area contributed by atoms with Gasteiger partial charge in [-0.25, -0.2) is 0 Å². The highest BCUT2D eigenvalue weighted by atomic mass is 35.5. The Morgan fingerprint density at radius 3 is 2.43 bits per heavy atom. The van der Waals surface area contributed by atoms with Crippen LogP contribution < -0.4 is 5.32 Å². The predicted octanol–water partition coefficient (Wildman–Crippen LogP) is 5.08. The molecule has 1 atom stereocenters. The molecule has 0 heterocycles. The summed E-state index contributed by atoms with van der Waals surface area (Å²) in [6, 6.07) is 13.7. The molecular formula is C17H18ClNOS. The summed E-state index contributed by atoms with van der Waals surface area (Å²) in [5, 5.41) is 3.38. The quantitative estimate of drug-likeness (QED) is 0.796. The van der Waals surface area contributed by atoms with Gasteiger partial charge in [0, 0.05) is 15.6 Å². The van der Waals surface area contributed by atoms with E-state index in [0.29, 0.717) is 5.02 Å². The standard InChI is InChI=1S/C17H18ClNOS/c1-11-4-8-15(9-5-11)21-13(3)17(20)19-14-7-6-12(2)16(18)10-14/h4-10,13H,1-3H3,(H,19,20)/t13-/m0/s1. The van der Waals surface area contributed by atoms with E-state index in [2.05, 4.69) is 5.32 Å². The van der Waals surface area contributed by atoms with E-state index in [1.54, 1.807) is 17.8 Å². The van der Waals surface area contributed by atoms with Crippen molar-refractivity contribution in [2.45, 2.75) is 30.9 Å². The molecule has 2 aromatic rings. The molecule has 0 aliphatic rings. The van der Waals surface area contributed by atoms with Crippen molar-refractivity contribution in [2.24, 2.45) is 0 Å². The van der Waals surface area contributed by atoms with Gasteiger partial charge >= 0.3 is 0 Å². The maximum absolute atomic E-state index is 12.2. The fraction of sp³-hybridized carbons (Fsp3) is 0.235. The zero-order valence-electron chi connectivity index (χ0n) is 12.3. The molecule has 2 aromatic carbocycles. The second-order valence-corrected chi connectivity index (χ2v) is 6.85. The summed E-state index contributed by atoms with van der Waals surface area (Å²) >= 11 is 7.61. The molecule has 2 nitrogen and oxygen atoms in total. The average molecular weight is 320 g/mol. The summed E-state index contributed by atoms with van der Waals surface area (Å²) < 4.78 is 0. The summed E-state index contributed by atoms with van der Waals surface area (Å²) in [6.45, 7) is 5.88. The summed E-state index contributed by atoms with van der Waals surface area (Å²) in [5.74, 6) is -0.0273. The number of carbonyl (C=O) groups is 1. The molecule has 0 saturated carbocycles. The van der Waals surface area contributed by atoms with E-state index in [4.69, 9.17) is 11.6 Å². The Balaban J connectivity index is 1.98. The van der Waals surface area contributed by atoms with Crippen molar-refractivity contribution in [3.8, 4) is 0 Å². The number of benzene rings is 2. The molecule has 1 amide bonds. The molecule has 0 aliphatic carbocycles. The first-order valence-electron chi connectivity index (χ1n) is 6.76. The van der Waals surface area contributed by atoms with E-state index in [1.165, 1.54) is 5.56 Å². The van der Waals surface area contributed by atoms with Crippen LogP contribution in [-0.2, 0) is 4.79 Å². The minimum Gasteiger partial charge on any atom is -0.325 e. The Kier molecular flexibility index (Phi) is 5.32. The molecule has 0 fully saturated rings. The number of amides is 1. The van der Waals surface area contributed by atoms with Crippen LogP contribution in [0.4, 0.5) is 5.69 Å². The Labute approximate surface area is 134 Å². The van der Waals surface area contributed by atoms with Gasteiger partial charge in [0.2, 0.25) is 5.91 Å². The van der Waals surface area contributed by atoms with Gasteiger partial charge in [0.25, 0.3) is 0 Å². The molecule has 0 aliphatic heterocycles. The molecule has 0 radical (unpaired) electrons. The van der Waals surface area contributed by atoms with Crippen molar-refractivity contribution in [2.75, 3.05) is 5.32 Å². The summed E-state index contributed by atoms with van der Waals surface area (Å²) in [5.41, 5.74) is 2.94. The fourth-order valence-electron chi connectivity index (χ4n) is 1.79. The Morgan fingerprint density at radius 2 is 1.81 bits per heavy atom. The maximum atomic E-state index is 12.2. The van der Waals surface area contributed by atoms with Crippen LogP contribution in [0.2, 0.25) is 5.02 Å². The number of thioether (sulfide) groups is 1. The average Bonchev–Trinajstić information content (AvgIpc) is 2.45. The molecule has 0 aromatic heterocycles. The van der Waals surface area contributed by atoms with Crippen LogP contribution in [0.15, 0.2) is 47.4 Å². The van der Waals surface area contributed by atoms with Crippen LogP contribution in [0.3, 0.4) is 0 Å². The molecule has 2 rings (SSSR count). The van der Waals surface area contributed by atoms with Crippen LogP contribution in [0, 0.1) is 13.8 Å². The van der Waals surface area contributed by atoms with Crippen molar-refractivity contribution < 1.29 is 4.79 Å². The maximum Gasteiger partial charge on any atom is 0.237 e. The van der Waals surface area contributed by atoms with Crippen molar-refractivity contribution in [3.63, 3.8) is 0 Å². The summed E-state index contributed by atoms with van der Waals surface area (Å²) in [6.07, 6.45) is 0. The number of nitrogens with one attached hydrogen (secondary N) is 1. The normalized spacial score (nSPS) is 12.0. The van der Waals surface area contributed by atoms with Crippen LogP contribution in [0.5, 0.6) is 0 Å². The van der Waals surface area contributed by atoms with E-state index >= 15 is 0 Å². The highest BCUT2D eigenvalue weighted by Gasteiger charge is 2.14. The molecule has 4 heteroatoms. The minimum atomic E-state index is -0.173. The van der Waals surface area contributed by atoms with Gasteiger partial charge < -0.3 is 5.32 Å². The smallest absolute Gasteiger partial charge is 0.237 e. The first-order valence-corrected chi connectivity index (χ1v) is 8.02. The highest BCUT2D eigenvalue weighted by molar-refractivity contribution is 8.00. The van der Waals surface area contributed by atoms with Gasteiger partial charge in [-0.2, -0.15) is 0 Å². The molecule has 0 saturated heterocycles. The van der Waals surface area contributed by atoms with Crippen LogP contribution >= 0.6 is 23.4 Å². The number of rotatable bonds is 4. The topological polar surface area (TPSA) is 29.1 Å².